The van der Waals surface area contributed by atoms with E-state index in [0.717, 1.165) is 31.5 Å². The molecule has 0 aliphatic heterocycles. The van der Waals surface area contributed by atoms with Crippen molar-refractivity contribution in [2.75, 3.05) is 11.9 Å². The number of aliphatic hydroxyl groups is 1. The Hall–Kier alpha value is -1.76. The average molecular weight is 281 g/mol. The molecule has 1 heterocycles. The van der Waals surface area contributed by atoms with Crippen LogP contribution in [0.15, 0.2) is 5.16 Å². The summed E-state index contributed by atoms with van der Waals surface area (Å²) in [5, 5.41) is 26.6. The molecule has 1 aromatic rings. The lowest BCUT2D eigenvalue weighted by Gasteiger charge is -2.36. The van der Waals surface area contributed by atoms with Crippen LogP contribution in [0.5, 0.6) is 0 Å². The summed E-state index contributed by atoms with van der Waals surface area (Å²) < 4.78 is 1.71. The molecule has 0 bridgehead atoms. The molecular weight excluding hydrogens is 258 g/mol. The maximum atomic E-state index is 10.2. The number of aliphatic hydroxyl groups excluding tert-OH is 1. The van der Waals surface area contributed by atoms with Gasteiger partial charge in [-0.15, -0.1) is 0 Å². The quantitative estimate of drug-likeness (QED) is 0.325. The topological polar surface area (TPSA) is 99.9 Å². The van der Waals surface area contributed by atoms with Crippen molar-refractivity contribution in [3.63, 3.8) is 0 Å². The molecule has 0 spiro atoms. The standard InChI is InChI=1S/C13H23N5O2/c1-8-11(12(14)16-20)13(18(3)15-8)17(2)9-6-4-5-7-10(9)19/h9-10,19-20H,4-7H2,1-3H3,(H2,14,16). The molecule has 112 valence electrons. The lowest BCUT2D eigenvalue weighted by Crippen LogP contribution is -2.44. The average Bonchev–Trinajstić information content (AvgIpc) is 2.72. The molecule has 2 rings (SSSR count). The number of anilines is 1. The highest BCUT2D eigenvalue weighted by molar-refractivity contribution is 6.02. The molecule has 2 atom stereocenters. The molecule has 7 nitrogen and oxygen atoms in total. The second-order valence-corrected chi connectivity index (χ2v) is 5.42. The zero-order valence-corrected chi connectivity index (χ0v) is 12.2. The van der Waals surface area contributed by atoms with Crippen molar-refractivity contribution in [3.05, 3.63) is 11.3 Å². The van der Waals surface area contributed by atoms with Crippen LogP contribution in [0.25, 0.3) is 0 Å². The van der Waals surface area contributed by atoms with E-state index in [-0.39, 0.29) is 18.0 Å². The number of nitrogens with two attached hydrogens (primary N) is 1. The summed E-state index contributed by atoms with van der Waals surface area (Å²) in [5.74, 6) is 0.812. The monoisotopic (exact) mass is 281 g/mol. The second-order valence-electron chi connectivity index (χ2n) is 5.42. The summed E-state index contributed by atoms with van der Waals surface area (Å²) in [6.07, 6.45) is 3.54. The Labute approximate surface area is 118 Å². The Morgan fingerprint density at radius 3 is 2.70 bits per heavy atom. The number of aryl methyl sites for hydroxylation is 2. The highest BCUT2D eigenvalue weighted by Crippen LogP contribution is 2.29. The van der Waals surface area contributed by atoms with Gasteiger partial charge < -0.3 is 20.9 Å². The number of nitrogens with zero attached hydrogens (tertiary/aromatic N) is 4. The molecule has 1 saturated carbocycles. The van der Waals surface area contributed by atoms with E-state index in [9.17, 15) is 5.11 Å². The van der Waals surface area contributed by atoms with Gasteiger partial charge in [0.1, 0.15) is 5.82 Å². The Morgan fingerprint density at radius 2 is 2.10 bits per heavy atom. The normalized spacial score (nSPS) is 23.9. The molecule has 7 heteroatoms. The summed E-state index contributed by atoms with van der Waals surface area (Å²) in [6.45, 7) is 1.82. The summed E-state index contributed by atoms with van der Waals surface area (Å²) in [7, 11) is 3.74. The minimum atomic E-state index is -0.357. The van der Waals surface area contributed by atoms with Crippen LogP contribution in [-0.2, 0) is 7.05 Å². The van der Waals surface area contributed by atoms with Gasteiger partial charge in [-0.1, -0.05) is 18.0 Å². The molecule has 2 unspecified atom stereocenters. The minimum absolute atomic E-state index is 0.0313. The zero-order chi connectivity index (χ0) is 14.9. The molecule has 1 aromatic heterocycles. The van der Waals surface area contributed by atoms with Crippen LogP contribution in [0.3, 0.4) is 0 Å². The lowest BCUT2D eigenvalue weighted by atomic mass is 9.91. The van der Waals surface area contributed by atoms with E-state index in [1.807, 2.05) is 25.9 Å². The van der Waals surface area contributed by atoms with Crippen LogP contribution in [-0.4, -0.2) is 45.1 Å². The van der Waals surface area contributed by atoms with E-state index >= 15 is 0 Å². The van der Waals surface area contributed by atoms with Crippen LogP contribution >= 0.6 is 0 Å². The van der Waals surface area contributed by atoms with Crippen LogP contribution < -0.4 is 10.6 Å². The smallest absolute Gasteiger partial charge is 0.175 e. The van der Waals surface area contributed by atoms with Gasteiger partial charge in [-0.05, 0) is 19.8 Å². The summed E-state index contributed by atoms with van der Waals surface area (Å²) in [6, 6.07) is 0.0313. The van der Waals surface area contributed by atoms with Crippen LogP contribution in [0, 0.1) is 6.92 Å². The molecule has 0 amide bonds. The number of rotatable bonds is 3. The third-order valence-electron chi connectivity index (χ3n) is 4.08. The molecule has 4 N–H and O–H groups in total. The van der Waals surface area contributed by atoms with Gasteiger partial charge in [-0.2, -0.15) is 5.10 Å². The van der Waals surface area contributed by atoms with Gasteiger partial charge >= 0.3 is 0 Å². The largest absolute Gasteiger partial charge is 0.409 e. The highest BCUT2D eigenvalue weighted by atomic mass is 16.4. The first-order valence-electron chi connectivity index (χ1n) is 6.89. The van der Waals surface area contributed by atoms with Gasteiger partial charge in [0, 0.05) is 14.1 Å². The number of aromatic nitrogens is 2. The van der Waals surface area contributed by atoms with E-state index in [0.29, 0.717) is 11.3 Å². The fourth-order valence-corrected chi connectivity index (χ4v) is 3.10. The zero-order valence-electron chi connectivity index (χ0n) is 12.2. The van der Waals surface area contributed by atoms with E-state index in [4.69, 9.17) is 10.9 Å². The molecule has 1 aliphatic carbocycles. The molecule has 0 saturated heterocycles. The maximum absolute atomic E-state index is 10.2. The number of hydrogen-bond acceptors (Lipinski definition) is 5. The first-order valence-corrected chi connectivity index (χ1v) is 6.89. The number of oxime groups is 1. The molecule has 20 heavy (non-hydrogen) atoms. The number of hydrogen-bond donors (Lipinski definition) is 3. The number of likely N-dealkylation sites (N-methyl/N-ethyl adjacent to an activating group) is 1. The van der Waals surface area contributed by atoms with Gasteiger partial charge in [0.15, 0.2) is 5.84 Å². The van der Waals surface area contributed by atoms with Gasteiger partial charge in [0.05, 0.1) is 23.4 Å². The van der Waals surface area contributed by atoms with Crippen LogP contribution in [0.1, 0.15) is 36.9 Å². The molecule has 1 aliphatic rings. The second kappa shape index (κ2) is 5.70. The van der Waals surface area contributed by atoms with Crippen molar-refractivity contribution >= 4 is 11.7 Å². The Morgan fingerprint density at radius 1 is 1.45 bits per heavy atom. The van der Waals surface area contributed by atoms with E-state index in [2.05, 4.69) is 10.3 Å². The summed E-state index contributed by atoms with van der Waals surface area (Å²) in [5.41, 5.74) is 7.09. The Kier molecular flexibility index (Phi) is 4.17. The van der Waals surface area contributed by atoms with E-state index in [1.165, 1.54) is 0 Å². The third kappa shape index (κ3) is 2.45. The van der Waals surface area contributed by atoms with Crippen molar-refractivity contribution in [3.8, 4) is 0 Å². The van der Waals surface area contributed by atoms with Crippen LogP contribution in [0.4, 0.5) is 5.82 Å². The van der Waals surface area contributed by atoms with Crippen molar-refractivity contribution in [1.82, 2.24) is 9.78 Å². The predicted octanol–water partition coefficient (Wildman–Crippen LogP) is 0.563. The fraction of sp³-hybridized carbons (Fsp3) is 0.692. The molecular formula is C13H23N5O2. The number of amidine groups is 1. The van der Waals surface area contributed by atoms with Gasteiger partial charge in [0.2, 0.25) is 0 Å². The Balaban J connectivity index is 2.41. The van der Waals surface area contributed by atoms with Gasteiger partial charge in [-0.25, -0.2) is 0 Å². The third-order valence-corrected chi connectivity index (χ3v) is 4.08. The molecule has 0 aromatic carbocycles. The van der Waals surface area contributed by atoms with Crippen molar-refractivity contribution in [2.45, 2.75) is 44.8 Å². The maximum Gasteiger partial charge on any atom is 0.175 e. The Bertz CT molecular complexity index is 511. The predicted molar refractivity (Wildman–Crippen MR) is 77.1 cm³/mol. The van der Waals surface area contributed by atoms with E-state index in [1.54, 1.807) is 4.68 Å². The molecule has 1 fully saturated rings. The van der Waals surface area contributed by atoms with Gasteiger partial charge in [0.25, 0.3) is 0 Å². The minimum Gasteiger partial charge on any atom is -0.409 e. The van der Waals surface area contributed by atoms with Crippen LogP contribution in [0.2, 0.25) is 0 Å². The molecule has 0 radical (unpaired) electrons. The summed E-state index contributed by atoms with van der Waals surface area (Å²) in [4.78, 5) is 2.00. The van der Waals surface area contributed by atoms with E-state index < -0.39 is 0 Å². The fourth-order valence-electron chi connectivity index (χ4n) is 3.10. The first kappa shape index (κ1) is 14.6. The summed E-state index contributed by atoms with van der Waals surface area (Å²) >= 11 is 0. The van der Waals surface area contributed by atoms with Crippen molar-refractivity contribution in [2.24, 2.45) is 17.9 Å². The van der Waals surface area contributed by atoms with Crippen molar-refractivity contribution < 1.29 is 10.3 Å². The lowest BCUT2D eigenvalue weighted by molar-refractivity contribution is 0.105. The SMILES string of the molecule is Cc1nn(C)c(N(C)C2CCCCC2O)c1C(N)=NO. The van der Waals surface area contributed by atoms with Gasteiger partial charge in [-0.3, -0.25) is 4.68 Å². The first-order chi connectivity index (χ1) is 9.47. The van der Waals surface area contributed by atoms with Crippen molar-refractivity contribution in [1.29, 1.82) is 0 Å². The highest BCUT2D eigenvalue weighted by Gasteiger charge is 2.31.